The van der Waals surface area contributed by atoms with E-state index in [4.69, 9.17) is 9.47 Å². The van der Waals surface area contributed by atoms with Crippen molar-refractivity contribution in [2.45, 2.75) is 25.7 Å². The van der Waals surface area contributed by atoms with Crippen LogP contribution in [0.1, 0.15) is 19.4 Å². The molecular weight excluding hydrogens is 394 g/mol. The van der Waals surface area contributed by atoms with E-state index in [2.05, 4.69) is 10.5 Å². The summed E-state index contributed by atoms with van der Waals surface area (Å²) in [6.07, 6.45) is 0. The molecule has 0 atom stereocenters. The van der Waals surface area contributed by atoms with Crippen LogP contribution in [-0.4, -0.2) is 40.8 Å². The Morgan fingerprint density at radius 3 is 2.21 bits per heavy atom. The Labute approximate surface area is 171 Å². The normalized spacial score (nSPS) is 10.8. The summed E-state index contributed by atoms with van der Waals surface area (Å²) in [5.74, 6) is 0.216. The van der Waals surface area contributed by atoms with Gasteiger partial charge in [-0.1, -0.05) is 17.7 Å². The minimum atomic E-state index is -4.02. The van der Waals surface area contributed by atoms with Crippen molar-refractivity contribution in [3.8, 4) is 11.5 Å². The zero-order chi connectivity index (χ0) is 21.6. The third-order valence-corrected chi connectivity index (χ3v) is 5.74. The number of methoxy groups -OCH3 is 2. The highest BCUT2D eigenvalue weighted by Crippen LogP contribution is 2.33. The summed E-state index contributed by atoms with van der Waals surface area (Å²) in [4.78, 5) is 12.4. The number of carbonyl (C=O) groups is 1. The number of hydrogen-bond acceptors (Lipinski definition) is 6. The number of rotatable bonds is 8. The van der Waals surface area contributed by atoms with Gasteiger partial charge in [-0.3, -0.25) is 9.10 Å². The highest BCUT2D eigenvalue weighted by molar-refractivity contribution is 7.92. The van der Waals surface area contributed by atoms with Gasteiger partial charge < -0.3 is 9.47 Å². The maximum atomic E-state index is 13.3. The van der Waals surface area contributed by atoms with Gasteiger partial charge in [-0.2, -0.15) is 5.10 Å². The Morgan fingerprint density at radius 1 is 1.03 bits per heavy atom. The maximum absolute atomic E-state index is 13.3. The topological polar surface area (TPSA) is 97.3 Å². The number of aryl methyl sites for hydroxylation is 1. The summed E-state index contributed by atoms with van der Waals surface area (Å²) < 4.78 is 38.1. The molecule has 9 heteroatoms. The highest BCUT2D eigenvalue weighted by Gasteiger charge is 2.28. The number of nitrogens with one attached hydrogen (secondary N) is 1. The van der Waals surface area contributed by atoms with Gasteiger partial charge in [0.05, 0.1) is 24.8 Å². The van der Waals surface area contributed by atoms with Crippen molar-refractivity contribution in [3.63, 3.8) is 0 Å². The van der Waals surface area contributed by atoms with Crippen LogP contribution in [0, 0.1) is 6.92 Å². The number of benzene rings is 2. The number of ether oxygens (including phenoxy) is 2. The van der Waals surface area contributed by atoms with Gasteiger partial charge in [-0.25, -0.2) is 13.8 Å². The third-order valence-electron chi connectivity index (χ3n) is 3.96. The highest BCUT2D eigenvalue weighted by atomic mass is 32.2. The van der Waals surface area contributed by atoms with Gasteiger partial charge in [0, 0.05) is 11.8 Å². The number of sulfonamides is 1. The van der Waals surface area contributed by atoms with Gasteiger partial charge in [0.2, 0.25) is 0 Å². The fourth-order valence-corrected chi connectivity index (χ4v) is 3.89. The smallest absolute Gasteiger partial charge is 0.264 e. The molecule has 0 aliphatic heterocycles. The molecule has 8 nitrogen and oxygen atoms in total. The van der Waals surface area contributed by atoms with Crippen LogP contribution in [0.25, 0.3) is 0 Å². The van der Waals surface area contributed by atoms with Gasteiger partial charge in [-0.15, -0.1) is 0 Å². The molecule has 0 saturated heterocycles. The SMILES string of the molecule is COc1ccc(N(CC(=O)NN=C(C)C)S(=O)(=O)c2ccc(C)cc2)cc1OC. The molecule has 0 bridgehead atoms. The number of nitrogens with zero attached hydrogens (tertiary/aromatic N) is 2. The van der Waals surface area contributed by atoms with Gasteiger partial charge in [0.1, 0.15) is 6.54 Å². The van der Waals surface area contributed by atoms with Crippen molar-refractivity contribution in [1.82, 2.24) is 5.43 Å². The van der Waals surface area contributed by atoms with Crippen LogP contribution in [0.4, 0.5) is 5.69 Å². The molecule has 0 radical (unpaired) electrons. The molecule has 0 unspecified atom stereocenters. The number of hydrogen-bond donors (Lipinski definition) is 1. The molecule has 0 aliphatic rings. The summed E-state index contributed by atoms with van der Waals surface area (Å²) in [6, 6.07) is 11.0. The van der Waals surface area contributed by atoms with Crippen molar-refractivity contribution in [2.24, 2.45) is 5.10 Å². The van der Waals surface area contributed by atoms with Crippen LogP contribution < -0.4 is 19.2 Å². The largest absolute Gasteiger partial charge is 0.493 e. The average Bonchev–Trinajstić information content (AvgIpc) is 2.70. The molecule has 0 spiro atoms. The summed E-state index contributed by atoms with van der Waals surface area (Å²) in [6.45, 7) is 4.84. The Balaban J connectivity index is 2.52. The molecule has 0 aliphatic carbocycles. The molecule has 1 amide bonds. The van der Waals surface area contributed by atoms with Crippen LogP contribution in [0.15, 0.2) is 52.5 Å². The van der Waals surface area contributed by atoms with Crippen molar-refractivity contribution >= 4 is 27.3 Å². The van der Waals surface area contributed by atoms with Gasteiger partial charge >= 0.3 is 0 Å². The lowest BCUT2D eigenvalue weighted by Gasteiger charge is -2.24. The van der Waals surface area contributed by atoms with Crippen LogP contribution >= 0.6 is 0 Å². The molecule has 156 valence electrons. The minimum Gasteiger partial charge on any atom is -0.493 e. The summed E-state index contributed by atoms with van der Waals surface area (Å²) in [5, 5.41) is 3.85. The molecule has 0 heterocycles. The van der Waals surface area contributed by atoms with E-state index < -0.39 is 22.5 Å². The van der Waals surface area contributed by atoms with Crippen molar-refractivity contribution < 1.29 is 22.7 Å². The second kappa shape index (κ2) is 9.42. The van der Waals surface area contributed by atoms with E-state index in [0.717, 1.165) is 9.87 Å². The van der Waals surface area contributed by atoms with E-state index >= 15 is 0 Å². The molecule has 0 fully saturated rings. The van der Waals surface area contributed by atoms with E-state index in [0.29, 0.717) is 17.2 Å². The maximum Gasteiger partial charge on any atom is 0.264 e. The van der Waals surface area contributed by atoms with Crippen LogP contribution in [0.3, 0.4) is 0 Å². The van der Waals surface area contributed by atoms with Crippen molar-refractivity contribution in [2.75, 3.05) is 25.1 Å². The molecule has 2 aromatic rings. The van der Waals surface area contributed by atoms with Crippen LogP contribution in [0.2, 0.25) is 0 Å². The van der Waals surface area contributed by atoms with E-state index in [-0.39, 0.29) is 10.6 Å². The molecule has 2 aromatic carbocycles. The number of amides is 1. The number of anilines is 1. The van der Waals surface area contributed by atoms with Crippen LogP contribution in [0.5, 0.6) is 11.5 Å². The van der Waals surface area contributed by atoms with Crippen molar-refractivity contribution in [1.29, 1.82) is 0 Å². The monoisotopic (exact) mass is 419 g/mol. The fraction of sp³-hybridized carbons (Fsp3) is 0.300. The average molecular weight is 420 g/mol. The van der Waals surface area contributed by atoms with Gasteiger partial charge in [0.25, 0.3) is 15.9 Å². The molecule has 2 rings (SSSR count). The second-order valence-electron chi connectivity index (χ2n) is 6.46. The van der Waals surface area contributed by atoms with E-state index in [1.807, 2.05) is 6.92 Å². The molecule has 29 heavy (non-hydrogen) atoms. The second-order valence-corrected chi connectivity index (χ2v) is 8.32. The summed E-state index contributed by atoms with van der Waals surface area (Å²) >= 11 is 0. The number of carbonyl (C=O) groups excluding carboxylic acids is 1. The lowest BCUT2D eigenvalue weighted by molar-refractivity contribution is -0.119. The van der Waals surface area contributed by atoms with Crippen LogP contribution in [-0.2, 0) is 14.8 Å². The molecule has 0 saturated carbocycles. The van der Waals surface area contributed by atoms with Gasteiger partial charge in [-0.05, 0) is 45.0 Å². The molecular formula is C20H25N3O5S. The number of hydrazone groups is 1. The zero-order valence-electron chi connectivity index (χ0n) is 17.1. The Hall–Kier alpha value is -3.07. The quantitative estimate of drug-likeness (QED) is 0.524. The Bertz CT molecular complexity index is 997. The van der Waals surface area contributed by atoms with E-state index in [1.165, 1.54) is 32.4 Å². The van der Waals surface area contributed by atoms with Gasteiger partial charge in [0.15, 0.2) is 11.5 Å². The van der Waals surface area contributed by atoms with E-state index in [1.54, 1.807) is 38.1 Å². The Kier molecular flexibility index (Phi) is 7.22. The fourth-order valence-electron chi connectivity index (χ4n) is 2.47. The predicted molar refractivity (Wildman–Crippen MR) is 112 cm³/mol. The zero-order valence-corrected chi connectivity index (χ0v) is 17.9. The Morgan fingerprint density at radius 2 is 1.66 bits per heavy atom. The first-order valence-electron chi connectivity index (χ1n) is 8.80. The third kappa shape index (κ3) is 5.47. The molecule has 0 aromatic heterocycles. The summed E-state index contributed by atoms with van der Waals surface area (Å²) in [5.41, 5.74) is 4.17. The minimum absolute atomic E-state index is 0.0702. The lowest BCUT2D eigenvalue weighted by Crippen LogP contribution is -2.39. The van der Waals surface area contributed by atoms with E-state index in [9.17, 15) is 13.2 Å². The molecule has 1 N–H and O–H groups in total. The first kappa shape index (κ1) is 22.2. The predicted octanol–water partition coefficient (Wildman–Crippen LogP) is 2.72. The van der Waals surface area contributed by atoms with Crippen molar-refractivity contribution in [3.05, 3.63) is 48.0 Å². The first-order valence-corrected chi connectivity index (χ1v) is 10.2. The first-order chi connectivity index (χ1) is 13.7. The lowest BCUT2D eigenvalue weighted by atomic mass is 10.2. The summed E-state index contributed by atoms with van der Waals surface area (Å²) in [7, 11) is -1.09. The standard InChI is InChI=1S/C20H25N3O5S/c1-14(2)21-22-20(24)13-23(16-8-11-18(27-4)19(12-16)28-5)29(25,26)17-9-6-15(3)7-10-17/h6-12H,13H2,1-5H3,(H,22,24).